The summed E-state index contributed by atoms with van der Waals surface area (Å²) < 4.78 is 37.0. The van der Waals surface area contributed by atoms with E-state index in [0.29, 0.717) is 17.7 Å². The molecule has 0 saturated carbocycles. The minimum absolute atomic E-state index is 0.0860. The normalized spacial score (nSPS) is 23.6. The molecule has 0 radical (unpaired) electrons. The molecule has 1 N–H and O–H groups in total. The zero-order valence-corrected chi connectivity index (χ0v) is 12.7. The number of rotatable bonds is 2. The second kappa shape index (κ2) is 5.33. The summed E-state index contributed by atoms with van der Waals surface area (Å²) in [7, 11) is -3.00. The summed E-state index contributed by atoms with van der Waals surface area (Å²) in [4.78, 5) is 1.94. The van der Waals surface area contributed by atoms with E-state index in [0.717, 1.165) is 5.69 Å². The van der Waals surface area contributed by atoms with Crippen LogP contribution in [0.1, 0.15) is 31.1 Å². The first-order valence-corrected chi connectivity index (χ1v) is 8.48. The molecule has 0 aliphatic carbocycles. The Morgan fingerprint density at radius 3 is 2.65 bits per heavy atom. The predicted molar refractivity (Wildman–Crippen MR) is 77.2 cm³/mol. The van der Waals surface area contributed by atoms with E-state index in [2.05, 4.69) is 0 Å². The number of benzene rings is 1. The van der Waals surface area contributed by atoms with Gasteiger partial charge in [-0.2, -0.15) is 0 Å². The Morgan fingerprint density at radius 2 is 2.10 bits per heavy atom. The van der Waals surface area contributed by atoms with Crippen LogP contribution in [0.15, 0.2) is 12.1 Å². The lowest BCUT2D eigenvalue weighted by Crippen LogP contribution is -2.47. The summed E-state index contributed by atoms with van der Waals surface area (Å²) in [6, 6.07) is 2.84. The molecule has 1 aromatic rings. The second-order valence-corrected chi connectivity index (χ2v) is 7.72. The first kappa shape index (κ1) is 15.3. The van der Waals surface area contributed by atoms with Crippen molar-refractivity contribution in [2.75, 3.05) is 23.0 Å². The highest BCUT2D eigenvalue weighted by atomic mass is 32.2. The Balaban J connectivity index is 2.44. The quantitative estimate of drug-likeness (QED) is 0.905. The molecule has 0 bridgehead atoms. The minimum atomic E-state index is -3.00. The van der Waals surface area contributed by atoms with Gasteiger partial charge in [0.2, 0.25) is 0 Å². The number of hydrogen-bond donors (Lipinski definition) is 1. The van der Waals surface area contributed by atoms with Gasteiger partial charge in [0.05, 0.1) is 17.6 Å². The van der Waals surface area contributed by atoms with E-state index in [1.807, 2.05) is 11.8 Å². The molecule has 2 atom stereocenters. The predicted octanol–water partition coefficient (Wildman–Crippen LogP) is 1.81. The third-order valence-electron chi connectivity index (χ3n) is 3.74. The van der Waals surface area contributed by atoms with Crippen LogP contribution in [0.4, 0.5) is 10.1 Å². The lowest BCUT2D eigenvalue weighted by Gasteiger charge is -2.37. The van der Waals surface area contributed by atoms with Crippen LogP contribution in [0.3, 0.4) is 0 Å². The van der Waals surface area contributed by atoms with Gasteiger partial charge in [-0.3, -0.25) is 0 Å². The maximum atomic E-state index is 13.7. The Bertz CT molecular complexity index is 613. The van der Waals surface area contributed by atoms with E-state index in [1.54, 1.807) is 19.9 Å². The lowest BCUT2D eigenvalue weighted by atomic mass is 10.0. The van der Waals surface area contributed by atoms with E-state index < -0.39 is 15.9 Å². The summed E-state index contributed by atoms with van der Waals surface area (Å²) in [6.07, 6.45) is -0.800. The molecule has 1 fully saturated rings. The highest BCUT2D eigenvalue weighted by molar-refractivity contribution is 7.91. The highest BCUT2D eigenvalue weighted by Crippen LogP contribution is 2.32. The van der Waals surface area contributed by atoms with Crippen molar-refractivity contribution in [3.05, 3.63) is 29.1 Å². The zero-order chi connectivity index (χ0) is 15.1. The van der Waals surface area contributed by atoms with Crippen LogP contribution >= 0.6 is 0 Å². The summed E-state index contributed by atoms with van der Waals surface area (Å²) in [5, 5.41) is 9.83. The van der Waals surface area contributed by atoms with Gasteiger partial charge in [0, 0.05) is 23.8 Å². The van der Waals surface area contributed by atoms with Gasteiger partial charge in [-0.05, 0) is 38.5 Å². The Morgan fingerprint density at radius 1 is 1.45 bits per heavy atom. The molecular weight excluding hydrogens is 281 g/mol. The van der Waals surface area contributed by atoms with Crippen molar-refractivity contribution in [1.82, 2.24) is 0 Å². The fourth-order valence-electron chi connectivity index (χ4n) is 2.62. The number of nitrogens with zero attached hydrogens (tertiary/aromatic N) is 1. The van der Waals surface area contributed by atoms with Crippen LogP contribution in [-0.2, 0) is 9.84 Å². The summed E-state index contributed by atoms with van der Waals surface area (Å²) in [5.41, 5.74) is 1.71. The van der Waals surface area contributed by atoms with E-state index in [-0.39, 0.29) is 23.4 Å². The monoisotopic (exact) mass is 301 g/mol. The molecule has 1 aliphatic rings. The molecule has 1 aromatic carbocycles. The lowest BCUT2D eigenvalue weighted by molar-refractivity contribution is 0.199. The minimum Gasteiger partial charge on any atom is -0.389 e. The van der Waals surface area contributed by atoms with Gasteiger partial charge >= 0.3 is 0 Å². The van der Waals surface area contributed by atoms with Crippen molar-refractivity contribution >= 4 is 15.5 Å². The average molecular weight is 301 g/mol. The maximum Gasteiger partial charge on any atom is 0.154 e. The molecule has 1 saturated heterocycles. The number of hydrogen-bond acceptors (Lipinski definition) is 4. The van der Waals surface area contributed by atoms with Crippen LogP contribution in [0, 0.1) is 12.7 Å². The van der Waals surface area contributed by atoms with E-state index in [1.165, 1.54) is 6.07 Å². The van der Waals surface area contributed by atoms with Gasteiger partial charge in [-0.15, -0.1) is 0 Å². The molecule has 1 unspecified atom stereocenters. The number of aryl methyl sites for hydroxylation is 1. The number of halogens is 1. The van der Waals surface area contributed by atoms with E-state index >= 15 is 0 Å². The fourth-order valence-corrected chi connectivity index (χ4v) is 4.18. The number of aliphatic hydroxyl groups excluding tert-OH is 1. The molecule has 0 aromatic heterocycles. The first-order valence-electron chi connectivity index (χ1n) is 6.66. The third-order valence-corrected chi connectivity index (χ3v) is 5.53. The zero-order valence-electron chi connectivity index (χ0n) is 11.9. The molecule has 1 heterocycles. The molecule has 2 rings (SSSR count). The molecule has 20 heavy (non-hydrogen) atoms. The summed E-state index contributed by atoms with van der Waals surface area (Å²) in [5.74, 6) is -0.183. The van der Waals surface area contributed by atoms with Gasteiger partial charge in [0.25, 0.3) is 0 Å². The van der Waals surface area contributed by atoms with Gasteiger partial charge in [-0.25, -0.2) is 12.8 Å². The fraction of sp³-hybridized carbons (Fsp3) is 0.571. The van der Waals surface area contributed by atoms with Crippen molar-refractivity contribution in [3.8, 4) is 0 Å². The van der Waals surface area contributed by atoms with Gasteiger partial charge in [-0.1, -0.05) is 0 Å². The summed E-state index contributed by atoms with van der Waals surface area (Å²) in [6.45, 7) is 5.45. The molecule has 4 nitrogen and oxygen atoms in total. The Kier molecular flexibility index (Phi) is 4.07. The highest BCUT2D eigenvalue weighted by Gasteiger charge is 2.30. The number of aliphatic hydroxyl groups is 1. The Labute approximate surface area is 119 Å². The van der Waals surface area contributed by atoms with Crippen LogP contribution in [-0.4, -0.2) is 37.6 Å². The second-order valence-electron chi connectivity index (χ2n) is 5.49. The molecule has 0 amide bonds. The molecule has 0 spiro atoms. The number of sulfone groups is 1. The SMILES string of the molecule is Cc1cc(N2CCS(=O)(=O)CC2C)c([C@@H](C)O)cc1F. The molecule has 112 valence electrons. The van der Waals surface area contributed by atoms with Crippen molar-refractivity contribution in [2.24, 2.45) is 0 Å². The third kappa shape index (κ3) is 2.96. The van der Waals surface area contributed by atoms with Crippen molar-refractivity contribution in [3.63, 3.8) is 0 Å². The van der Waals surface area contributed by atoms with Crippen molar-refractivity contribution in [2.45, 2.75) is 32.9 Å². The Hall–Kier alpha value is -1.14. The van der Waals surface area contributed by atoms with E-state index in [4.69, 9.17) is 0 Å². The summed E-state index contributed by atoms with van der Waals surface area (Å²) >= 11 is 0. The topological polar surface area (TPSA) is 57.6 Å². The van der Waals surface area contributed by atoms with Crippen molar-refractivity contribution < 1.29 is 17.9 Å². The maximum absolute atomic E-state index is 13.7. The molecular formula is C14H20FNO3S. The van der Waals surface area contributed by atoms with Crippen LogP contribution in [0.25, 0.3) is 0 Å². The van der Waals surface area contributed by atoms with Crippen LogP contribution < -0.4 is 4.90 Å². The van der Waals surface area contributed by atoms with Gasteiger partial charge in [0.15, 0.2) is 9.84 Å². The largest absolute Gasteiger partial charge is 0.389 e. The molecule has 6 heteroatoms. The van der Waals surface area contributed by atoms with Crippen molar-refractivity contribution in [1.29, 1.82) is 0 Å². The van der Waals surface area contributed by atoms with Crippen LogP contribution in [0.5, 0.6) is 0 Å². The average Bonchev–Trinajstić information content (AvgIpc) is 2.31. The van der Waals surface area contributed by atoms with Gasteiger partial charge < -0.3 is 10.0 Å². The first-order chi connectivity index (χ1) is 9.21. The molecule has 1 aliphatic heterocycles. The van der Waals surface area contributed by atoms with E-state index in [9.17, 15) is 17.9 Å². The van der Waals surface area contributed by atoms with Crippen LogP contribution in [0.2, 0.25) is 0 Å². The standard InChI is InChI=1S/C14H20FNO3S/c1-9-6-14(12(11(3)17)7-13(9)15)16-4-5-20(18,19)8-10(16)2/h6-7,10-11,17H,4-5,8H2,1-3H3/t10?,11-/m1/s1. The van der Waals surface area contributed by atoms with Gasteiger partial charge in [0.1, 0.15) is 5.82 Å². The number of anilines is 1. The smallest absolute Gasteiger partial charge is 0.154 e.